The van der Waals surface area contributed by atoms with Gasteiger partial charge in [-0.3, -0.25) is 0 Å². The van der Waals surface area contributed by atoms with Crippen LogP contribution in [0.3, 0.4) is 0 Å². The predicted octanol–water partition coefficient (Wildman–Crippen LogP) is 4.21. The third-order valence-electron chi connectivity index (χ3n) is 4.13. The molecule has 1 aliphatic heterocycles. The molecule has 1 atom stereocenters. The summed E-state index contributed by atoms with van der Waals surface area (Å²) in [6.45, 7) is 0.609. The molecule has 0 bridgehead atoms. The summed E-state index contributed by atoms with van der Waals surface area (Å²) >= 11 is 6.07. The van der Waals surface area contributed by atoms with Crippen molar-refractivity contribution in [1.82, 2.24) is 4.98 Å². The minimum Gasteiger partial charge on any atom is -0.481 e. The van der Waals surface area contributed by atoms with E-state index in [4.69, 9.17) is 31.5 Å². The van der Waals surface area contributed by atoms with E-state index in [2.05, 4.69) is 11.1 Å². The van der Waals surface area contributed by atoms with Gasteiger partial charge in [-0.15, -0.1) is 0 Å². The van der Waals surface area contributed by atoms with Gasteiger partial charge in [-0.1, -0.05) is 11.6 Å². The number of ether oxygens (including phenoxy) is 3. The Bertz CT molecular complexity index is 1060. The summed E-state index contributed by atoms with van der Waals surface area (Å²) in [5.74, 6) is 1.43. The van der Waals surface area contributed by atoms with Gasteiger partial charge in [-0.25, -0.2) is 4.98 Å². The number of hydrogen-bond donors (Lipinski definition) is 1. The molecule has 0 radical (unpaired) electrons. The van der Waals surface area contributed by atoms with E-state index in [1.165, 1.54) is 7.11 Å². The van der Waals surface area contributed by atoms with Crippen LogP contribution in [0.15, 0.2) is 36.4 Å². The summed E-state index contributed by atoms with van der Waals surface area (Å²) in [6, 6.07) is 12.5. The van der Waals surface area contributed by atoms with Crippen LogP contribution in [0.4, 0.5) is 5.69 Å². The quantitative estimate of drug-likeness (QED) is 0.548. The Morgan fingerprint density at radius 1 is 1.31 bits per heavy atom. The van der Waals surface area contributed by atoms with E-state index < -0.39 is 0 Å². The van der Waals surface area contributed by atoms with Crippen LogP contribution in [0, 0.1) is 11.3 Å². The van der Waals surface area contributed by atoms with Gasteiger partial charge in [0.1, 0.15) is 17.6 Å². The van der Waals surface area contributed by atoms with Crippen molar-refractivity contribution < 1.29 is 14.2 Å². The zero-order valence-electron chi connectivity index (χ0n) is 13.8. The topological polar surface area (TPSA) is 93.7 Å². The van der Waals surface area contributed by atoms with Crippen LogP contribution in [0.2, 0.25) is 5.02 Å². The van der Waals surface area contributed by atoms with Crippen molar-refractivity contribution in [2.24, 2.45) is 0 Å². The Morgan fingerprint density at radius 2 is 2.12 bits per heavy atom. The monoisotopic (exact) mass is 367 g/mol. The number of nitrogen functional groups attached to an aromatic ring is 1. The van der Waals surface area contributed by atoms with Crippen molar-refractivity contribution in [3.05, 3.63) is 52.5 Å². The number of nitriles is 1. The zero-order valence-corrected chi connectivity index (χ0v) is 14.6. The molecule has 1 aromatic heterocycles. The first-order chi connectivity index (χ1) is 12.6. The number of pyridine rings is 1. The van der Waals surface area contributed by atoms with Crippen LogP contribution < -0.4 is 15.2 Å². The van der Waals surface area contributed by atoms with Crippen LogP contribution in [0.25, 0.3) is 10.9 Å². The highest BCUT2D eigenvalue weighted by atomic mass is 35.5. The number of rotatable bonds is 4. The fourth-order valence-electron chi connectivity index (χ4n) is 2.71. The molecule has 0 spiro atoms. The van der Waals surface area contributed by atoms with Crippen molar-refractivity contribution in [1.29, 1.82) is 5.26 Å². The number of anilines is 1. The Balaban J connectivity index is 1.86. The van der Waals surface area contributed by atoms with Crippen molar-refractivity contribution in [2.75, 3.05) is 19.5 Å². The molecule has 0 unspecified atom stereocenters. The lowest BCUT2D eigenvalue weighted by atomic mass is 10.0. The van der Waals surface area contributed by atoms with E-state index in [0.29, 0.717) is 51.2 Å². The molecule has 130 valence electrons. The van der Waals surface area contributed by atoms with Gasteiger partial charge >= 0.3 is 0 Å². The van der Waals surface area contributed by atoms with E-state index in [1.807, 2.05) is 6.07 Å². The van der Waals surface area contributed by atoms with Gasteiger partial charge in [-0.2, -0.15) is 5.26 Å². The van der Waals surface area contributed by atoms with Crippen LogP contribution in [-0.2, 0) is 4.74 Å². The molecule has 1 aliphatic rings. The van der Waals surface area contributed by atoms with Crippen LogP contribution in [-0.4, -0.2) is 18.7 Å². The Hall–Kier alpha value is -3.01. The molecular weight excluding hydrogens is 354 g/mol. The van der Waals surface area contributed by atoms with E-state index in [9.17, 15) is 5.26 Å². The maximum Gasteiger partial charge on any atom is 0.217 e. The zero-order chi connectivity index (χ0) is 18.3. The van der Waals surface area contributed by atoms with Gasteiger partial charge in [0.05, 0.1) is 41.6 Å². The molecule has 0 aliphatic carbocycles. The first-order valence-corrected chi connectivity index (χ1v) is 8.24. The molecule has 2 aromatic carbocycles. The molecule has 1 saturated heterocycles. The largest absolute Gasteiger partial charge is 0.481 e. The molecule has 1 fully saturated rings. The Morgan fingerprint density at radius 3 is 2.77 bits per heavy atom. The number of nitrogens with two attached hydrogens (primary N) is 1. The van der Waals surface area contributed by atoms with Crippen molar-refractivity contribution >= 4 is 28.2 Å². The average Bonchev–Trinajstić information content (AvgIpc) is 3.48. The highest BCUT2D eigenvalue weighted by Gasteiger charge is 2.28. The van der Waals surface area contributed by atoms with Crippen LogP contribution >= 0.6 is 11.6 Å². The molecule has 3 aromatic rings. The van der Waals surface area contributed by atoms with E-state index >= 15 is 0 Å². The summed E-state index contributed by atoms with van der Waals surface area (Å²) in [5.41, 5.74) is 8.22. The third-order valence-corrected chi connectivity index (χ3v) is 4.46. The van der Waals surface area contributed by atoms with Crippen LogP contribution in [0.5, 0.6) is 17.4 Å². The van der Waals surface area contributed by atoms with Gasteiger partial charge in [0, 0.05) is 23.1 Å². The normalized spacial score (nSPS) is 15.5. The first kappa shape index (κ1) is 16.5. The molecule has 7 heteroatoms. The lowest BCUT2D eigenvalue weighted by molar-refractivity contribution is 0.395. The molecule has 6 nitrogen and oxygen atoms in total. The Kier molecular flexibility index (Phi) is 4.03. The maximum atomic E-state index is 9.48. The van der Waals surface area contributed by atoms with Crippen LogP contribution in [0.1, 0.15) is 17.2 Å². The highest BCUT2D eigenvalue weighted by Crippen LogP contribution is 2.39. The summed E-state index contributed by atoms with van der Waals surface area (Å²) in [5, 5.41) is 10.6. The van der Waals surface area contributed by atoms with E-state index in [0.717, 1.165) is 5.56 Å². The Labute approximate surface area is 154 Å². The number of nitrogens with zero attached hydrogens (tertiary/aromatic N) is 2. The van der Waals surface area contributed by atoms with Crippen molar-refractivity contribution in [3.63, 3.8) is 0 Å². The fourth-order valence-corrected chi connectivity index (χ4v) is 2.88. The number of hydrogen-bond acceptors (Lipinski definition) is 6. The molecule has 0 amide bonds. The van der Waals surface area contributed by atoms with E-state index in [1.54, 1.807) is 30.3 Å². The number of benzene rings is 2. The minimum atomic E-state index is -0.0534. The minimum absolute atomic E-state index is 0.0534. The molecule has 26 heavy (non-hydrogen) atoms. The second kappa shape index (κ2) is 6.37. The van der Waals surface area contributed by atoms with Gasteiger partial charge in [0.2, 0.25) is 5.88 Å². The summed E-state index contributed by atoms with van der Waals surface area (Å²) < 4.78 is 16.6. The summed E-state index contributed by atoms with van der Waals surface area (Å²) in [7, 11) is 1.53. The van der Waals surface area contributed by atoms with Gasteiger partial charge < -0.3 is 19.9 Å². The number of fused-ring (bicyclic) bond motifs is 1. The highest BCUT2D eigenvalue weighted by molar-refractivity contribution is 6.33. The fraction of sp³-hybridized carbons (Fsp3) is 0.158. The molecule has 0 saturated carbocycles. The van der Waals surface area contributed by atoms with Gasteiger partial charge in [0.15, 0.2) is 0 Å². The molecule has 4 rings (SSSR count). The molecule has 2 heterocycles. The second-order valence-electron chi connectivity index (χ2n) is 5.84. The lowest BCUT2D eigenvalue weighted by Crippen LogP contribution is -1.96. The van der Waals surface area contributed by atoms with Gasteiger partial charge in [-0.05, 0) is 24.3 Å². The third kappa shape index (κ3) is 2.99. The summed E-state index contributed by atoms with van der Waals surface area (Å²) in [4.78, 5) is 4.46. The second-order valence-corrected chi connectivity index (χ2v) is 6.25. The number of methoxy groups -OCH3 is 1. The average molecular weight is 368 g/mol. The molecule has 2 N–H and O–H groups in total. The van der Waals surface area contributed by atoms with E-state index in [-0.39, 0.29) is 6.10 Å². The first-order valence-electron chi connectivity index (χ1n) is 7.86. The number of epoxide rings is 1. The number of aromatic nitrogens is 1. The molecular formula is C19H14ClN3O3. The van der Waals surface area contributed by atoms with Crippen molar-refractivity contribution in [3.8, 4) is 23.4 Å². The predicted molar refractivity (Wildman–Crippen MR) is 97.6 cm³/mol. The smallest absolute Gasteiger partial charge is 0.217 e. The SMILES string of the molecule is COc1cc(Oc2ccc(N)c(Cl)c2)c2cc(C#N)c([C@H]3CO3)cc2n1. The number of halogens is 1. The summed E-state index contributed by atoms with van der Waals surface area (Å²) in [6.07, 6.45) is -0.0534. The van der Waals surface area contributed by atoms with Crippen molar-refractivity contribution in [2.45, 2.75) is 6.10 Å². The van der Waals surface area contributed by atoms with Gasteiger partial charge in [0.25, 0.3) is 0 Å². The standard InChI is InChI=1S/C19H14ClN3O3/c1-24-19-7-17(26-11-2-3-15(22)14(20)5-11)13-4-10(8-21)12(18-9-25-18)6-16(13)23-19/h2-7,18H,9,22H2,1H3/t18-/m1/s1. The lowest BCUT2D eigenvalue weighted by Gasteiger charge is -2.13. The maximum absolute atomic E-state index is 9.48.